The average Bonchev–Trinajstić information content (AvgIpc) is 3.21. The van der Waals surface area contributed by atoms with Crippen molar-refractivity contribution in [1.29, 1.82) is 0 Å². The molecule has 1 aromatic rings. The maximum atomic E-state index is 13.6. The summed E-state index contributed by atoms with van der Waals surface area (Å²) in [7, 11) is 0. The molecule has 330 valence electrons. The number of unbranched alkanes of at least 4 members (excludes halogenated alkanes) is 24. The van der Waals surface area contributed by atoms with Gasteiger partial charge in [-0.15, -0.1) is 0 Å². The Hall–Kier alpha value is -2.37. The van der Waals surface area contributed by atoms with Crippen LogP contribution in [0, 0.1) is 16.7 Å². The molecule has 0 radical (unpaired) electrons. The van der Waals surface area contributed by atoms with Gasteiger partial charge in [0.25, 0.3) is 0 Å². The molecule has 0 amide bonds. The molecule has 0 saturated carbocycles. The molecule has 1 rings (SSSR count). The first-order chi connectivity index (χ1) is 27.6. The molecule has 0 saturated heterocycles. The van der Waals surface area contributed by atoms with Crippen LogP contribution < -0.4 is 0 Å². The predicted molar refractivity (Wildman–Crippen MR) is 239 cm³/mol. The first kappa shape index (κ1) is 52.6. The minimum absolute atomic E-state index is 0.220. The molecule has 6 heteroatoms. The second-order valence-corrected chi connectivity index (χ2v) is 18.1. The Balaban J connectivity index is 2.53. The molecular formula is C51H90O6. The van der Waals surface area contributed by atoms with Gasteiger partial charge in [0.05, 0.1) is 30.0 Å². The standard InChI is InChI=1S/C51H90O6/c1-7-10-12-14-16-18-20-21-22-23-24-25-27-29-31-36-42-56-48(53)50(4,5)43-46(47(52)55-41-35-30-28-26-19-17-15-13-11-8-2)39-40-51(6,9-3)49(54)57-44-45-37-33-32-34-38-45/h32-34,37-38,46H,7-31,35-36,39-44H2,1-6H3. The van der Waals surface area contributed by atoms with Crippen LogP contribution >= 0.6 is 0 Å². The molecule has 6 nitrogen and oxygen atoms in total. The topological polar surface area (TPSA) is 78.9 Å². The fourth-order valence-corrected chi connectivity index (χ4v) is 7.71. The molecule has 1 aromatic carbocycles. The zero-order chi connectivity index (χ0) is 41.9. The lowest BCUT2D eigenvalue weighted by molar-refractivity contribution is -0.161. The van der Waals surface area contributed by atoms with Crippen molar-refractivity contribution in [1.82, 2.24) is 0 Å². The van der Waals surface area contributed by atoms with Crippen molar-refractivity contribution < 1.29 is 28.6 Å². The number of hydrogen-bond acceptors (Lipinski definition) is 6. The van der Waals surface area contributed by atoms with Crippen LogP contribution in [0.5, 0.6) is 0 Å². The highest BCUT2D eigenvalue weighted by Gasteiger charge is 2.39. The fraction of sp³-hybridized carbons (Fsp3) is 0.824. The lowest BCUT2D eigenvalue weighted by atomic mass is 9.76. The molecule has 0 aliphatic carbocycles. The quantitative estimate of drug-likeness (QED) is 0.0375. The van der Waals surface area contributed by atoms with E-state index in [0.717, 1.165) is 37.7 Å². The molecule has 0 N–H and O–H groups in total. The SMILES string of the molecule is CCCCCCCCCCCCCCCCCCOC(=O)C(C)(C)CC(CCC(C)(CC)C(=O)OCc1ccccc1)C(=O)OCCCCCCCCCCCC. The van der Waals surface area contributed by atoms with Gasteiger partial charge in [-0.1, -0.05) is 205 Å². The Morgan fingerprint density at radius 1 is 0.509 bits per heavy atom. The Kier molecular flexibility index (Phi) is 31.9. The molecule has 0 spiro atoms. The average molecular weight is 799 g/mol. The van der Waals surface area contributed by atoms with E-state index in [-0.39, 0.29) is 24.5 Å². The number of ether oxygens (including phenoxy) is 3. The minimum Gasteiger partial charge on any atom is -0.465 e. The number of rotatable bonds is 39. The van der Waals surface area contributed by atoms with Gasteiger partial charge in [-0.3, -0.25) is 14.4 Å². The summed E-state index contributed by atoms with van der Waals surface area (Å²) in [5.74, 6) is -1.32. The summed E-state index contributed by atoms with van der Waals surface area (Å²) < 4.78 is 17.4. The zero-order valence-electron chi connectivity index (χ0n) is 38.2. The fourth-order valence-electron chi connectivity index (χ4n) is 7.71. The van der Waals surface area contributed by atoms with Gasteiger partial charge >= 0.3 is 17.9 Å². The summed E-state index contributed by atoms with van der Waals surface area (Å²) in [5, 5.41) is 0. The van der Waals surface area contributed by atoms with Crippen LogP contribution in [0.25, 0.3) is 0 Å². The number of carbonyl (C=O) groups excluding carboxylic acids is 3. The summed E-state index contributed by atoms with van der Waals surface area (Å²) in [4.78, 5) is 40.4. The van der Waals surface area contributed by atoms with E-state index in [2.05, 4.69) is 13.8 Å². The number of benzene rings is 1. The van der Waals surface area contributed by atoms with E-state index in [9.17, 15) is 14.4 Å². The zero-order valence-corrected chi connectivity index (χ0v) is 38.2. The Morgan fingerprint density at radius 3 is 1.33 bits per heavy atom. The summed E-state index contributed by atoms with van der Waals surface area (Å²) >= 11 is 0. The van der Waals surface area contributed by atoms with Gasteiger partial charge in [0.1, 0.15) is 6.61 Å². The van der Waals surface area contributed by atoms with Gasteiger partial charge < -0.3 is 14.2 Å². The smallest absolute Gasteiger partial charge is 0.312 e. The number of carbonyl (C=O) groups is 3. The summed E-state index contributed by atoms with van der Waals surface area (Å²) in [5.41, 5.74) is -0.661. The predicted octanol–water partition coefficient (Wildman–Crippen LogP) is 15.2. The van der Waals surface area contributed by atoms with E-state index < -0.39 is 16.7 Å². The van der Waals surface area contributed by atoms with Crippen molar-refractivity contribution in [2.45, 2.75) is 241 Å². The third-order valence-corrected chi connectivity index (χ3v) is 12.1. The maximum Gasteiger partial charge on any atom is 0.312 e. The summed E-state index contributed by atoms with van der Waals surface area (Å²) in [6.45, 7) is 13.2. The molecule has 2 atom stereocenters. The van der Waals surface area contributed by atoms with E-state index in [0.29, 0.717) is 38.9 Å². The van der Waals surface area contributed by atoms with Gasteiger partial charge in [-0.05, 0) is 64.9 Å². The second-order valence-electron chi connectivity index (χ2n) is 18.1. The highest BCUT2D eigenvalue weighted by atomic mass is 16.5. The van der Waals surface area contributed by atoms with Gasteiger partial charge in [-0.2, -0.15) is 0 Å². The van der Waals surface area contributed by atoms with Crippen LogP contribution in [0.1, 0.15) is 240 Å². The van der Waals surface area contributed by atoms with Crippen LogP contribution in [0.2, 0.25) is 0 Å². The maximum absolute atomic E-state index is 13.6. The lowest BCUT2D eigenvalue weighted by Gasteiger charge is -2.30. The van der Waals surface area contributed by atoms with Crippen LogP contribution in [0.3, 0.4) is 0 Å². The van der Waals surface area contributed by atoms with Crippen molar-refractivity contribution in [2.24, 2.45) is 16.7 Å². The van der Waals surface area contributed by atoms with E-state index in [1.165, 1.54) is 135 Å². The van der Waals surface area contributed by atoms with Crippen LogP contribution in [-0.4, -0.2) is 31.1 Å². The van der Waals surface area contributed by atoms with Crippen molar-refractivity contribution in [3.05, 3.63) is 35.9 Å². The molecule has 2 unspecified atom stereocenters. The Labute approximate surface area is 352 Å². The molecule has 0 heterocycles. The van der Waals surface area contributed by atoms with Crippen LogP contribution in [0.4, 0.5) is 0 Å². The third kappa shape index (κ3) is 27.1. The van der Waals surface area contributed by atoms with E-state index in [4.69, 9.17) is 14.2 Å². The molecule has 0 fully saturated rings. The first-order valence-electron chi connectivity index (χ1n) is 24.1. The van der Waals surface area contributed by atoms with E-state index >= 15 is 0 Å². The highest BCUT2D eigenvalue weighted by molar-refractivity contribution is 5.79. The van der Waals surface area contributed by atoms with E-state index in [1.807, 2.05) is 58.0 Å². The summed E-state index contributed by atoms with van der Waals surface area (Å²) in [6, 6.07) is 9.69. The van der Waals surface area contributed by atoms with Gasteiger partial charge in [-0.25, -0.2) is 0 Å². The number of esters is 3. The van der Waals surface area contributed by atoms with Gasteiger partial charge in [0.2, 0.25) is 0 Å². The second kappa shape index (κ2) is 34.5. The third-order valence-electron chi connectivity index (χ3n) is 12.1. The highest BCUT2D eigenvalue weighted by Crippen LogP contribution is 2.36. The van der Waals surface area contributed by atoms with Crippen molar-refractivity contribution in [2.75, 3.05) is 13.2 Å². The monoisotopic (exact) mass is 799 g/mol. The lowest BCUT2D eigenvalue weighted by Crippen LogP contribution is -2.35. The van der Waals surface area contributed by atoms with Crippen molar-refractivity contribution >= 4 is 17.9 Å². The van der Waals surface area contributed by atoms with E-state index in [1.54, 1.807) is 0 Å². The van der Waals surface area contributed by atoms with Crippen molar-refractivity contribution in [3.8, 4) is 0 Å². The molecule has 0 aliphatic rings. The first-order valence-corrected chi connectivity index (χ1v) is 24.1. The molecule has 0 aliphatic heterocycles. The largest absolute Gasteiger partial charge is 0.465 e. The van der Waals surface area contributed by atoms with Crippen molar-refractivity contribution in [3.63, 3.8) is 0 Å². The Bertz CT molecular complexity index is 1120. The van der Waals surface area contributed by atoms with Crippen LogP contribution in [-0.2, 0) is 35.2 Å². The van der Waals surface area contributed by atoms with Gasteiger partial charge in [0, 0.05) is 0 Å². The van der Waals surface area contributed by atoms with Crippen LogP contribution in [0.15, 0.2) is 30.3 Å². The molecule has 57 heavy (non-hydrogen) atoms. The minimum atomic E-state index is -0.855. The summed E-state index contributed by atoms with van der Waals surface area (Å²) in [6.07, 6.45) is 34.8. The molecule has 0 aromatic heterocycles. The Morgan fingerprint density at radius 2 is 0.912 bits per heavy atom. The number of hydrogen-bond donors (Lipinski definition) is 0. The van der Waals surface area contributed by atoms with Gasteiger partial charge in [0.15, 0.2) is 0 Å². The normalized spacial score (nSPS) is 13.2. The molecular weight excluding hydrogens is 709 g/mol. The molecule has 0 bridgehead atoms.